The molecule has 1 aromatic rings. The molecule has 0 unspecified atom stereocenters. The summed E-state index contributed by atoms with van der Waals surface area (Å²) in [6, 6.07) is 2.40. The van der Waals surface area contributed by atoms with Crippen molar-refractivity contribution >= 4 is 29.7 Å². The smallest absolute Gasteiger partial charge is 0.339 e. The second kappa shape index (κ2) is 4.95. The Morgan fingerprint density at radius 3 is 2.20 bits per heavy atom. The fourth-order valence-electron chi connectivity index (χ4n) is 0.992. The number of methoxy groups -OCH3 is 1. The molecule has 0 atom stereocenters. The van der Waals surface area contributed by atoms with Crippen LogP contribution in [0.15, 0.2) is 12.1 Å². The standard InChI is InChI=1S/C8H6Cl2O5/c1-13-6-3-5(14-9)4(8(11)12)2-7(6)15-10/h2-3H,1H3,(H,11,12). The highest BCUT2D eigenvalue weighted by Gasteiger charge is 2.17. The van der Waals surface area contributed by atoms with Crippen LogP contribution in [-0.4, -0.2) is 18.2 Å². The molecule has 1 N–H and O–H groups in total. The maximum atomic E-state index is 10.8. The molecule has 15 heavy (non-hydrogen) atoms. The molecule has 1 rings (SSSR count). The molecule has 0 saturated heterocycles. The van der Waals surface area contributed by atoms with Crippen LogP contribution in [0.4, 0.5) is 0 Å². The van der Waals surface area contributed by atoms with E-state index in [1.165, 1.54) is 13.2 Å². The Morgan fingerprint density at radius 1 is 1.20 bits per heavy atom. The molecule has 0 spiro atoms. The van der Waals surface area contributed by atoms with Crippen LogP contribution in [0, 0.1) is 0 Å². The first-order valence-corrected chi connectivity index (χ1v) is 4.28. The fraction of sp³-hybridized carbons (Fsp3) is 0.125. The lowest BCUT2D eigenvalue weighted by Crippen LogP contribution is -2.00. The number of halogens is 2. The van der Waals surface area contributed by atoms with Crippen molar-refractivity contribution in [2.45, 2.75) is 0 Å². The van der Waals surface area contributed by atoms with Gasteiger partial charge in [-0.2, -0.15) is 0 Å². The summed E-state index contributed by atoms with van der Waals surface area (Å²) in [6.07, 6.45) is 0. The van der Waals surface area contributed by atoms with E-state index in [2.05, 4.69) is 8.58 Å². The lowest BCUT2D eigenvalue weighted by molar-refractivity contribution is 0.0694. The Kier molecular flexibility index (Phi) is 3.88. The summed E-state index contributed by atoms with van der Waals surface area (Å²) in [5, 5.41) is 8.80. The van der Waals surface area contributed by atoms with Crippen LogP contribution < -0.4 is 13.3 Å². The van der Waals surface area contributed by atoms with Gasteiger partial charge in [-0.05, 0) is 0 Å². The minimum Gasteiger partial charge on any atom is -0.493 e. The normalized spacial score (nSPS) is 9.53. The van der Waals surface area contributed by atoms with Gasteiger partial charge in [0.25, 0.3) is 0 Å². The largest absolute Gasteiger partial charge is 0.493 e. The number of hydrogen-bond acceptors (Lipinski definition) is 4. The van der Waals surface area contributed by atoms with Crippen molar-refractivity contribution in [2.75, 3.05) is 7.11 Å². The van der Waals surface area contributed by atoms with Gasteiger partial charge in [0, 0.05) is 12.1 Å². The van der Waals surface area contributed by atoms with Gasteiger partial charge in [0.05, 0.1) is 7.11 Å². The second-order valence-electron chi connectivity index (χ2n) is 2.46. The first-order chi connectivity index (χ1) is 7.13. The summed E-state index contributed by atoms with van der Waals surface area (Å²) in [7, 11) is 1.37. The van der Waals surface area contributed by atoms with E-state index < -0.39 is 5.97 Å². The molecule has 0 saturated carbocycles. The molecule has 5 nitrogen and oxygen atoms in total. The zero-order valence-electron chi connectivity index (χ0n) is 7.49. The number of carboxylic acid groups (broad SMARTS) is 1. The van der Waals surface area contributed by atoms with Gasteiger partial charge < -0.3 is 18.4 Å². The number of rotatable bonds is 4. The predicted octanol–water partition coefficient (Wildman–Crippen LogP) is 2.46. The van der Waals surface area contributed by atoms with E-state index in [1.807, 2.05) is 0 Å². The molecule has 7 heteroatoms. The number of benzene rings is 1. The lowest BCUT2D eigenvalue weighted by atomic mass is 10.2. The van der Waals surface area contributed by atoms with Gasteiger partial charge in [-0.15, -0.1) is 0 Å². The molecule has 82 valence electrons. The molecule has 0 aliphatic heterocycles. The van der Waals surface area contributed by atoms with Crippen LogP contribution in [0.25, 0.3) is 0 Å². The minimum atomic E-state index is -1.22. The maximum absolute atomic E-state index is 10.8. The first-order valence-electron chi connectivity index (χ1n) is 3.66. The maximum Gasteiger partial charge on any atom is 0.339 e. The van der Waals surface area contributed by atoms with Gasteiger partial charge >= 0.3 is 5.97 Å². The molecule has 0 aliphatic rings. The van der Waals surface area contributed by atoms with Crippen molar-refractivity contribution in [1.29, 1.82) is 0 Å². The summed E-state index contributed by atoms with van der Waals surface area (Å²) in [4.78, 5) is 10.8. The summed E-state index contributed by atoms with van der Waals surface area (Å²) < 4.78 is 13.6. The number of hydrogen-bond donors (Lipinski definition) is 1. The molecular weight excluding hydrogens is 247 g/mol. The van der Waals surface area contributed by atoms with E-state index in [4.69, 9.17) is 33.6 Å². The predicted molar refractivity (Wildman–Crippen MR) is 52.9 cm³/mol. The average Bonchev–Trinajstić information content (AvgIpc) is 2.26. The highest BCUT2D eigenvalue weighted by atomic mass is 35.5. The van der Waals surface area contributed by atoms with Crippen LogP contribution in [0.1, 0.15) is 10.4 Å². The van der Waals surface area contributed by atoms with E-state index in [0.717, 1.165) is 6.07 Å². The Morgan fingerprint density at radius 2 is 1.80 bits per heavy atom. The fourth-order valence-corrected chi connectivity index (χ4v) is 1.24. The SMILES string of the molecule is COc1cc(OCl)c(C(=O)O)cc1OCl. The van der Waals surface area contributed by atoms with Crippen molar-refractivity contribution in [1.82, 2.24) is 0 Å². The van der Waals surface area contributed by atoms with Crippen LogP contribution in [0.3, 0.4) is 0 Å². The summed E-state index contributed by atoms with van der Waals surface area (Å²) in [6.45, 7) is 0. The molecule has 0 fully saturated rings. The van der Waals surface area contributed by atoms with Crippen molar-refractivity contribution in [2.24, 2.45) is 0 Å². The summed E-state index contributed by atoms with van der Waals surface area (Å²) in [5.41, 5.74) is -0.179. The number of carbonyl (C=O) groups is 1. The highest BCUT2D eigenvalue weighted by Crippen LogP contribution is 2.35. The third-order valence-corrected chi connectivity index (χ3v) is 1.99. The topological polar surface area (TPSA) is 65.0 Å². The third kappa shape index (κ3) is 2.37. The zero-order valence-corrected chi connectivity index (χ0v) is 9.00. The quantitative estimate of drug-likeness (QED) is 0.892. The number of carboxylic acids is 1. The molecule has 0 bridgehead atoms. The van der Waals surface area contributed by atoms with E-state index >= 15 is 0 Å². The molecule has 0 aliphatic carbocycles. The second-order valence-corrected chi connectivity index (χ2v) is 2.77. The molecule has 1 aromatic carbocycles. The number of ether oxygens (including phenoxy) is 1. The van der Waals surface area contributed by atoms with E-state index in [0.29, 0.717) is 0 Å². The van der Waals surface area contributed by atoms with Crippen molar-refractivity contribution in [3.63, 3.8) is 0 Å². The van der Waals surface area contributed by atoms with Gasteiger partial charge in [0.1, 0.15) is 29.3 Å². The zero-order chi connectivity index (χ0) is 11.4. The Labute approximate surface area is 95.4 Å². The van der Waals surface area contributed by atoms with Gasteiger partial charge in [-0.25, -0.2) is 4.79 Å². The van der Waals surface area contributed by atoms with Gasteiger partial charge in [-0.1, -0.05) is 0 Å². The van der Waals surface area contributed by atoms with Crippen LogP contribution in [0.2, 0.25) is 0 Å². The van der Waals surface area contributed by atoms with Crippen molar-refractivity contribution < 1.29 is 23.2 Å². The van der Waals surface area contributed by atoms with E-state index in [1.54, 1.807) is 0 Å². The average molecular weight is 253 g/mol. The van der Waals surface area contributed by atoms with Gasteiger partial charge in [0.15, 0.2) is 17.2 Å². The first kappa shape index (κ1) is 11.7. The molecular formula is C8H6Cl2O5. The summed E-state index contributed by atoms with van der Waals surface area (Å²) in [5.74, 6) is -0.999. The van der Waals surface area contributed by atoms with Crippen LogP contribution in [-0.2, 0) is 0 Å². The highest BCUT2D eigenvalue weighted by molar-refractivity contribution is 6.10. The lowest BCUT2D eigenvalue weighted by Gasteiger charge is -2.08. The van der Waals surface area contributed by atoms with E-state index in [9.17, 15) is 4.79 Å². The van der Waals surface area contributed by atoms with Crippen molar-refractivity contribution in [3.8, 4) is 17.2 Å². The summed E-state index contributed by atoms with van der Waals surface area (Å²) >= 11 is 10.2. The Hall–Kier alpha value is -1.33. The minimum absolute atomic E-state index is 0.0570. The van der Waals surface area contributed by atoms with Crippen molar-refractivity contribution in [3.05, 3.63) is 17.7 Å². The van der Waals surface area contributed by atoms with Crippen LogP contribution in [0.5, 0.6) is 17.2 Å². The third-order valence-electron chi connectivity index (χ3n) is 1.66. The number of aromatic carboxylic acids is 1. The monoisotopic (exact) mass is 252 g/mol. The van der Waals surface area contributed by atoms with E-state index in [-0.39, 0.29) is 22.8 Å². The molecule has 0 radical (unpaired) electrons. The molecule has 0 amide bonds. The molecule has 0 heterocycles. The van der Waals surface area contributed by atoms with Gasteiger partial charge in [0.2, 0.25) is 0 Å². The molecule has 0 aromatic heterocycles. The van der Waals surface area contributed by atoms with Gasteiger partial charge in [-0.3, -0.25) is 0 Å². The Bertz CT molecular complexity index is 380. The van der Waals surface area contributed by atoms with Crippen LogP contribution >= 0.6 is 23.7 Å². The Balaban J connectivity index is 3.34.